The van der Waals surface area contributed by atoms with Gasteiger partial charge in [-0.15, -0.1) is 0 Å². The monoisotopic (exact) mass is 149 g/mol. The van der Waals surface area contributed by atoms with Gasteiger partial charge in [0.25, 0.3) is 0 Å². The van der Waals surface area contributed by atoms with E-state index in [4.69, 9.17) is 10.8 Å². The average molecular weight is 149 g/mol. The smallest absolute Gasteiger partial charge is 0.121 e. The number of rotatable bonds is 2. The van der Waals surface area contributed by atoms with Crippen LogP contribution < -0.4 is 5.73 Å². The van der Waals surface area contributed by atoms with Crippen LogP contribution >= 0.6 is 0 Å². The van der Waals surface area contributed by atoms with Gasteiger partial charge in [0.05, 0.1) is 0 Å². The van der Waals surface area contributed by atoms with Crippen molar-refractivity contribution in [3.8, 4) is 0 Å². The molecule has 2 heteroatoms. The molecule has 3 N–H and O–H groups in total. The van der Waals surface area contributed by atoms with Crippen molar-refractivity contribution in [1.29, 1.82) is 0 Å². The van der Waals surface area contributed by atoms with E-state index in [9.17, 15) is 0 Å². The van der Waals surface area contributed by atoms with Crippen LogP contribution in [-0.2, 0) is 0 Å². The Kier molecular flexibility index (Phi) is 2.83. The third-order valence-electron chi connectivity index (χ3n) is 1.29. The molecule has 0 aliphatic heterocycles. The van der Waals surface area contributed by atoms with Gasteiger partial charge in [-0.3, -0.25) is 0 Å². The highest BCUT2D eigenvalue weighted by atomic mass is 16.3. The predicted octanol–water partition coefficient (Wildman–Crippen LogP) is 0.977. The lowest BCUT2D eigenvalue weighted by Crippen LogP contribution is -2.14. The van der Waals surface area contributed by atoms with Crippen LogP contribution in [0, 0.1) is 0 Å². The largest absolute Gasteiger partial charge is 0.375 e. The number of aliphatic hydroxyl groups is 1. The Labute approximate surface area is 66.0 Å². The summed E-state index contributed by atoms with van der Waals surface area (Å²) in [5.74, 6) is 0. The van der Waals surface area contributed by atoms with Crippen LogP contribution in [-0.4, -0.2) is 11.3 Å². The van der Waals surface area contributed by atoms with Crippen molar-refractivity contribution in [3.05, 3.63) is 42.0 Å². The molecule has 0 fully saturated rings. The maximum Gasteiger partial charge on any atom is 0.121 e. The summed E-state index contributed by atoms with van der Waals surface area (Å²) >= 11 is 0. The topological polar surface area (TPSA) is 46.2 Å². The summed E-state index contributed by atoms with van der Waals surface area (Å²) in [6, 6.07) is 9.69. The van der Waals surface area contributed by atoms with Gasteiger partial charge in [-0.05, 0) is 11.6 Å². The second-order valence-electron chi connectivity index (χ2n) is 2.26. The first-order chi connectivity index (χ1) is 5.29. The highest BCUT2D eigenvalue weighted by molar-refractivity contribution is 5.48. The van der Waals surface area contributed by atoms with Crippen LogP contribution in [0.25, 0.3) is 6.08 Å². The molecule has 0 aromatic heterocycles. The molecule has 0 saturated carbocycles. The Morgan fingerprint density at radius 2 is 1.91 bits per heavy atom. The summed E-state index contributed by atoms with van der Waals surface area (Å²) < 4.78 is 0. The Morgan fingerprint density at radius 1 is 1.27 bits per heavy atom. The van der Waals surface area contributed by atoms with E-state index in [0.717, 1.165) is 5.56 Å². The van der Waals surface area contributed by atoms with Gasteiger partial charge in [-0.2, -0.15) is 0 Å². The SMILES string of the molecule is NC(O)C=Cc1ccccc1. The van der Waals surface area contributed by atoms with Crippen LogP contribution in [0.2, 0.25) is 0 Å². The van der Waals surface area contributed by atoms with Gasteiger partial charge in [-0.25, -0.2) is 0 Å². The van der Waals surface area contributed by atoms with Crippen LogP contribution in [0.15, 0.2) is 36.4 Å². The summed E-state index contributed by atoms with van der Waals surface area (Å²) in [7, 11) is 0. The summed E-state index contributed by atoms with van der Waals surface area (Å²) in [5.41, 5.74) is 6.15. The summed E-state index contributed by atoms with van der Waals surface area (Å²) in [6.45, 7) is 0. The van der Waals surface area contributed by atoms with E-state index in [0.29, 0.717) is 0 Å². The number of hydrogen-bond acceptors (Lipinski definition) is 2. The fourth-order valence-electron chi connectivity index (χ4n) is 0.774. The second kappa shape index (κ2) is 3.91. The van der Waals surface area contributed by atoms with Gasteiger partial charge in [-0.1, -0.05) is 36.4 Å². The molecule has 0 heterocycles. The van der Waals surface area contributed by atoms with Gasteiger partial charge in [0.15, 0.2) is 0 Å². The first kappa shape index (κ1) is 7.98. The molecule has 58 valence electrons. The molecule has 0 amide bonds. The molecule has 1 aromatic rings. The molecule has 1 aromatic carbocycles. The summed E-state index contributed by atoms with van der Waals surface area (Å²) in [4.78, 5) is 0. The average Bonchev–Trinajstić information content (AvgIpc) is 2.03. The van der Waals surface area contributed by atoms with E-state index in [-0.39, 0.29) is 0 Å². The maximum atomic E-state index is 8.70. The number of aliphatic hydroxyl groups excluding tert-OH is 1. The minimum Gasteiger partial charge on any atom is -0.375 e. The van der Waals surface area contributed by atoms with Crippen LogP contribution in [0.1, 0.15) is 5.56 Å². The van der Waals surface area contributed by atoms with Crippen LogP contribution in [0.5, 0.6) is 0 Å². The van der Waals surface area contributed by atoms with Crippen molar-refractivity contribution in [2.45, 2.75) is 6.23 Å². The first-order valence-corrected chi connectivity index (χ1v) is 3.46. The van der Waals surface area contributed by atoms with Crippen molar-refractivity contribution < 1.29 is 5.11 Å². The van der Waals surface area contributed by atoms with Crippen LogP contribution in [0.4, 0.5) is 0 Å². The molecule has 0 aliphatic carbocycles. The number of benzene rings is 1. The van der Waals surface area contributed by atoms with Gasteiger partial charge in [0.1, 0.15) is 6.23 Å². The zero-order chi connectivity index (χ0) is 8.10. The molecule has 1 rings (SSSR count). The highest BCUT2D eigenvalue weighted by Gasteiger charge is 1.85. The van der Waals surface area contributed by atoms with Crippen LogP contribution in [0.3, 0.4) is 0 Å². The number of hydrogen-bond donors (Lipinski definition) is 2. The van der Waals surface area contributed by atoms with Crippen molar-refractivity contribution in [1.82, 2.24) is 0 Å². The molecule has 0 saturated heterocycles. The molecule has 1 atom stereocenters. The van der Waals surface area contributed by atoms with E-state index in [1.165, 1.54) is 6.08 Å². The Balaban J connectivity index is 2.65. The standard InChI is InChI=1S/C9H11NO/c10-9(11)7-6-8-4-2-1-3-5-8/h1-7,9,11H,10H2. The van der Waals surface area contributed by atoms with Gasteiger partial charge < -0.3 is 10.8 Å². The van der Waals surface area contributed by atoms with Crippen molar-refractivity contribution in [3.63, 3.8) is 0 Å². The van der Waals surface area contributed by atoms with E-state index >= 15 is 0 Å². The Bertz CT molecular complexity index is 229. The van der Waals surface area contributed by atoms with Crippen molar-refractivity contribution in [2.24, 2.45) is 5.73 Å². The van der Waals surface area contributed by atoms with Crippen molar-refractivity contribution in [2.75, 3.05) is 0 Å². The molecule has 0 bridgehead atoms. The quantitative estimate of drug-likeness (QED) is 0.615. The maximum absolute atomic E-state index is 8.70. The van der Waals surface area contributed by atoms with E-state index in [2.05, 4.69) is 0 Å². The summed E-state index contributed by atoms with van der Waals surface area (Å²) in [6.07, 6.45) is 2.45. The second-order valence-corrected chi connectivity index (χ2v) is 2.26. The molecule has 0 radical (unpaired) electrons. The van der Waals surface area contributed by atoms with Gasteiger partial charge in [0.2, 0.25) is 0 Å². The lowest BCUT2D eigenvalue weighted by Gasteiger charge is -1.94. The molecule has 0 aliphatic rings. The molecule has 11 heavy (non-hydrogen) atoms. The van der Waals surface area contributed by atoms with E-state index < -0.39 is 6.23 Å². The molecule has 0 spiro atoms. The molecular formula is C9H11NO. The predicted molar refractivity (Wildman–Crippen MR) is 45.7 cm³/mol. The molecular weight excluding hydrogens is 138 g/mol. The van der Waals surface area contributed by atoms with E-state index in [1.54, 1.807) is 6.08 Å². The fourth-order valence-corrected chi connectivity index (χ4v) is 0.774. The fraction of sp³-hybridized carbons (Fsp3) is 0.111. The highest BCUT2D eigenvalue weighted by Crippen LogP contribution is 2.00. The van der Waals surface area contributed by atoms with Gasteiger partial charge >= 0.3 is 0 Å². The third kappa shape index (κ3) is 2.98. The minimum atomic E-state index is -0.866. The van der Waals surface area contributed by atoms with E-state index in [1.807, 2.05) is 30.3 Å². The number of nitrogens with two attached hydrogens (primary N) is 1. The van der Waals surface area contributed by atoms with Gasteiger partial charge in [0, 0.05) is 0 Å². The minimum absolute atomic E-state index is 0.866. The first-order valence-electron chi connectivity index (χ1n) is 3.46. The Hall–Kier alpha value is -1.12. The zero-order valence-electron chi connectivity index (χ0n) is 6.14. The summed E-state index contributed by atoms with van der Waals surface area (Å²) in [5, 5.41) is 8.70. The molecule has 2 nitrogen and oxygen atoms in total. The zero-order valence-corrected chi connectivity index (χ0v) is 6.14. The van der Waals surface area contributed by atoms with Crippen molar-refractivity contribution >= 4 is 6.08 Å². The Morgan fingerprint density at radius 3 is 2.45 bits per heavy atom. The molecule has 1 unspecified atom stereocenters. The lowest BCUT2D eigenvalue weighted by atomic mass is 10.2. The lowest BCUT2D eigenvalue weighted by molar-refractivity contribution is 0.232. The third-order valence-corrected chi connectivity index (χ3v) is 1.29. The normalized spacial score (nSPS) is 13.6.